The van der Waals surface area contributed by atoms with Crippen LogP contribution in [0.5, 0.6) is 5.88 Å². The van der Waals surface area contributed by atoms with E-state index < -0.39 is 21.8 Å². The summed E-state index contributed by atoms with van der Waals surface area (Å²) in [5, 5.41) is 13.2. The number of alkyl halides is 3. The van der Waals surface area contributed by atoms with Crippen molar-refractivity contribution in [3.05, 3.63) is 18.2 Å². The van der Waals surface area contributed by atoms with Crippen LogP contribution in [-0.4, -0.2) is 65.9 Å². The van der Waals surface area contributed by atoms with Crippen LogP contribution in [0.2, 0.25) is 0 Å². The van der Waals surface area contributed by atoms with E-state index in [0.29, 0.717) is 54.3 Å². The predicted molar refractivity (Wildman–Crippen MR) is 119 cm³/mol. The van der Waals surface area contributed by atoms with E-state index in [1.165, 1.54) is 12.4 Å². The first-order chi connectivity index (χ1) is 16.3. The number of anilines is 2. The van der Waals surface area contributed by atoms with Crippen molar-refractivity contribution < 1.29 is 27.2 Å². The maximum absolute atomic E-state index is 12.5. The molecule has 0 spiro atoms. The normalized spacial score (nSPS) is 22.1. The molecule has 0 amide bonds. The number of thioether (sulfide) groups is 1. The molecule has 2 aliphatic heterocycles. The fraction of sp³-hybridized carbons (Fsp3) is 0.600. The number of halogens is 3. The molecule has 0 bridgehead atoms. The number of hydrogen-bond donors (Lipinski definition) is 2. The molecule has 14 heteroatoms. The minimum atomic E-state index is -4.37. The second kappa shape index (κ2) is 9.11. The molecule has 2 aromatic heterocycles. The van der Waals surface area contributed by atoms with Gasteiger partial charge in [-0.3, -0.25) is 4.21 Å². The molecule has 34 heavy (non-hydrogen) atoms. The van der Waals surface area contributed by atoms with Crippen LogP contribution in [0, 0.1) is 0 Å². The molecule has 0 unspecified atom stereocenters. The molecule has 2 aromatic rings. The molecule has 2 fully saturated rings. The molecule has 184 valence electrons. The number of fused-ring (bicyclic) bond motifs is 1. The number of aliphatic hydroxyl groups excluding tert-OH is 1. The summed E-state index contributed by atoms with van der Waals surface area (Å²) >= 11 is -0.229. The fourth-order valence-corrected chi connectivity index (χ4v) is 5.78. The highest BCUT2D eigenvalue weighted by Crippen LogP contribution is 2.41. The fourth-order valence-electron chi connectivity index (χ4n) is 4.35. The van der Waals surface area contributed by atoms with Crippen molar-refractivity contribution in [2.45, 2.75) is 58.9 Å². The zero-order valence-electron chi connectivity index (χ0n) is 18.0. The lowest BCUT2D eigenvalue weighted by Gasteiger charge is -2.41. The molecule has 5 rings (SSSR count). The Kier molecular flexibility index (Phi) is 6.31. The van der Waals surface area contributed by atoms with Crippen molar-refractivity contribution in [1.82, 2.24) is 19.9 Å². The van der Waals surface area contributed by atoms with Gasteiger partial charge in [-0.2, -0.15) is 23.1 Å². The molecule has 1 atom stereocenters. The van der Waals surface area contributed by atoms with Gasteiger partial charge in [-0.25, -0.2) is 9.97 Å². The van der Waals surface area contributed by atoms with Gasteiger partial charge in [0.1, 0.15) is 21.5 Å². The quantitative estimate of drug-likeness (QED) is 0.556. The molecule has 2 N–H and O–H groups in total. The highest BCUT2D eigenvalue weighted by Gasteiger charge is 2.40. The van der Waals surface area contributed by atoms with Crippen LogP contribution < -0.4 is 15.0 Å². The smallest absolute Gasteiger partial charge is 0.446 e. The third-order valence-corrected chi connectivity index (χ3v) is 8.21. The van der Waals surface area contributed by atoms with Crippen molar-refractivity contribution in [1.29, 1.82) is 0 Å². The highest BCUT2D eigenvalue weighted by molar-refractivity contribution is 8.00. The largest absolute Gasteiger partial charge is 0.463 e. The third kappa shape index (κ3) is 4.80. The van der Waals surface area contributed by atoms with E-state index in [4.69, 9.17) is 4.74 Å². The Morgan fingerprint density at radius 3 is 2.53 bits per heavy atom. The van der Waals surface area contributed by atoms with Crippen LogP contribution in [0.15, 0.2) is 22.2 Å². The van der Waals surface area contributed by atoms with Gasteiger partial charge in [-0.1, -0.05) is 0 Å². The summed E-state index contributed by atoms with van der Waals surface area (Å²) in [6.07, 6.45) is 6.39. The minimum absolute atomic E-state index is 0.0181. The SMILES string of the molecule is O=[S@]1COc2nc(N3CCC(c4ncc(SC(F)(F)F)cn4)CC3)nc(NC3(CO)CCC3)c21. The first kappa shape index (κ1) is 23.5. The average Bonchev–Trinajstić information content (AvgIpc) is 3.17. The Morgan fingerprint density at radius 2 is 1.94 bits per heavy atom. The molecule has 0 radical (unpaired) electrons. The van der Waals surface area contributed by atoms with Gasteiger partial charge in [0.2, 0.25) is 11.8 Å². The monoisotopic (exact) mass is 516 g/mol. The Morgan fingerprint density at radius 1 is 1.24 bits per heavy atom. The van der Waals surface area contributed by atoms with Crippen LogP contribution in [-0.2, 0) is 10.8 Å². The molecule has 4 heterocycles. The van der Waals surface area contributed by atoms with E-state index >= 15 is 0 Å². The Bertz CT molecular complexity index is 1070. The maximum atomic E-state index is 12.5. The first-order valence-electron chi connectivity index (χ1n) is 10.9. The molecule has 1 aliphatic carbocycles. The summed E-state index contributed by atoms with van der Waals surface area (Å²) in [6, 6.07) is 0. The highest BCUT2D eigenvalue weighted by atomic mass is 32.2. The first-order valence-corrected chi connectivity index (χ1v) is 13.0. The van der Waals surface area contributed by atoms with Crippen LogP contribution >= 0.6 is 11.8 Å². The molecule has 1 saturated carbocycles. The van der Waals surface area contributed by atoms with E-state index in [1.54, 1.807) is 0 Å². The lowest BCUT2D eigenvalue weighted by Crippen LogP contribution is -2.48. The lowest BCUT2D eigenvalue weighted by molar-refractivity contribution is -0.0328. The van der Waals surface area contributed by atoms with E-state index in [1.807, 2.05) is 4.90 Å². The Hall–Kier alpha value is -2.19. The van der Waals surface area contributed by atoms with E-state index in [9.17, 15) is 22.5 Å². The van der Waals surface area contributed by atoms with Gasteiger partial charge in [-0.15, -0.1) is 0 Å². The molecular formula is C20H23F3N6O3S2. The second-order valence-electron chi connectivity index (χ2n) is 8.62. The van der Waals surface area contributed by atoms with Crippen LogP contribution in [0.4, 0.5) is 24.9 Å². The van der Waals surface area contributed by atoms with Gasteiger partial charge >= 0.3 is 5.51 Å². The number of nitrogens with zero attached hydrogens (tertiary/aromatic N) is 5. The van der Waals surface area contributed by atoms with Crippen LogP contribution in [0.25, 0.3) is 0 Å². The van der Waals surface area contributed by atoms with Crippen LogP contribution in [0.3, 0.4) is 0 Å². The van der Waals surface area contributed by atoms with Crippen molar-refractivity contribution in [3.8, 4) is 5.88 Å². The number of hydrogen-bond acceptors (Lipinski definition) is 10. The Labute approximate surface area is 200 Å². The number of nitrogens with one attached hydrogen (secondary N) is 1. The zero-order valence-corrected chi connectivity index (χ0v) is 19.7. The van der Waals surface area contributed by atoms with E-state index in [-0.39, 0.29) is 35.1 Å². The summed E-state index contributed by atoms with van der Waals surface area (Å²) in [4.78, 5) is 19.8. The number of aliphatic hydroxyl groups is 1. The minimum Gasteiger partial charge on any atom is -0.463 e. The van der Waals surface area contributed by atoms with Gasteiger partial charge in [-0.05, 0) is 43.9 Å². The van der Waals surface area contributed by atoms with Crippen molar-refractivity contribution in [2.24, 2.45) is 0 Å². The number of ether oxygens (including phenoxy) is 1. The van der Waals surface area contributed by atoms with E-state index in [2.05, 4.69) is 25.3 Å². The zero-order chi connectivity index (χ0) is 23.9. The predicted octanol–water partition coefficient (Wildman–Crippen LogP) is 3.05. The molecule has 0 aromatic carbocycles. The van der Waals surface area contributed by atoms with Gasteiger partial charge in [0.15, 0.2) is 11.8 Å². The van der Waals surface area contributed by atoms with Gasteiger partial charge in [0, 0.05) is 31.4 Å². The van der Waals surface area contributed by atoms with Gasteiger partial charge in [0.05, 0.1) is 17.0 Å². The number of rotatable bonds is 6. The summed E-state index contributed by atoms with van der Waals surface area (Å²) in [7, 11) is -1.37. The lowest BCUT2D eigenvalue weighted by atomic mass is 9.77. The molecule has 9 nitrogen and oxygen atoms in total. The second-order valence-corrected chi connectivity index (χ2v) is 11.1. The van der Waals surface area contributed by atoms with Gasteiger partial charge in [0.25, 0.3) is 0 Å². The molecule has 3 aliphatic rings. The summed E-state index contributed by atoms with van der Waals surface area (Å²) < 4.78 is 55.6. The topological polar surface area (TPSA) is 113 Å². The third-order valence-electron chi connectivity index (χ3n) is 6.37. The number of piperidine rings is 1. The standard InChI is InChI=1S/C20H23F3N6O3S2/c21-20(22,23)33-13-8-24-15(25-9-13)12-2-6-29(7-3-12)18-26-16(28-19(10-30)4-1-5-19)14-17(27-18)32-11-34(14)31/h8-9,12,30H,1-7,10-11H2,(H,26,27,28)/t34-/m0/s1. The average molecular weight is 517 g/mol. The molecular weight excluding hydrogens is 493 g/mol. The van der Waals surface area contributed by atoms with Crippen molar-refractivity contribution in [2.75, 3.05) is 35.9 Å². The van der Waals surface area contributed by atoms with Crippen molar-refractivity contribution >= 4 is 34.3 Å². The van der Waals surface area contributed by atoms with E-state index in [0.717, 1.165) is 19.3 Å². The summed E-state index contributed by atoms with van der Waals surface area (Å²) in [5.41, 5.74) is -4.83. The maximum Gasteiger partial charge on any atom is 0.446 e. The van der Waals surface area contributed by atoms with Gasteiger partial charge < -0.3 is 20.1 Å². The summed E-state index contributed by atoms with van der Waals surface area (Å²) in [6.45, 7) is 1.15. The summed E-state index contributed by atoms with van der Waals surface area (Å²) in [5.74, 6) is 1.75. The Balaban J connectivity index is 1.29. The van der Waals surface area contributed by atoms with Crippen LogP contribution in [0.1, 0.15) is 43.8 Å². The van der Waals surface area contributed by atoms with Crippen molar-refractivity contribution in [3.63, 3.8) is 0 Å². The number of aromatic nitrogens is 4. The molecule has 1 saturated heterocycles.